The Morgan fingerprint density at radius 3 is 2.79 bits per heavy atom. The third kappa shape index (κ3) is 2.02. The van der Waals surface area contributed by atoms with Crippen molar-refractivity contribution in [1.82, 2.24) is 5.32 Å². The molecule has 0 aliphatic carbocycles. The van der Waals surface area contributed by atoms with E-state index in [-0.39, 0.29) is 12.6 Å². The smallest absolute Gasteiger partial charge is 0.0992 e. The van der Waals surface area contributed by atoms with Crippen molar-refractivity contribution in [1.29, 1.82) is 5.26 Å². The number of nitrogens with two attached hydrogens (primary N) is 1. The maximum atomic E-state index is 9.05. The van der Waals surface area contributed by atoms with Gasteiger partial charge in [0.2, 0.25) is 0 Å². The summed E-state index contributed by atoms with van der Waals surface area (Å²) in [5, 5.41) is 20.6. The molecule has 74 valence electrons. The number of benzene rings is 1. The minimum absolute atomic E-state index is 0.0212. The van der Waals surface area contributed by atoms with E-state index < -0.39 is 0 Å². The molecule has 0 saturated heterocycles. The second kappa shape index (κ2) is 4.61. The fraction of sp³-hybridized carbons (Fsp3) is 0.300. The number of nitrogens with one attached hydrogen (secondary N) is 1. The fourth-order valence-electron chi connectivity index (χ4n) is 1.31. The zero-order valence-electron chi connectivity index (χ0n) is 7.99. The molecule has 0 bridgehead atoms. The first-order valence-corrected chi connectivity index (χ1v) is 4.30. The molecule has 0 spiro atoms. The molecular formula is C10H13N3O. The molecule has 0 aliphatic heterocycles. The van der Waals surface area contributed by atoms with Crippen molar-refractivity contribution >= 4 is 5.69 Å². The molecule has 4 N–H and O–H groups in total. The molecule has 0 radical (unpaired) electrons. The van der Waals surface area contributed by atoms with Crippen LogP contribution in [0.1, 0.15) is 17.2 Å². The SMILES string of the molecule is CN[C@H](CO)c1ccc(C#N)cc1N. The van der Waals surface area contributed by atoms with Crippen LogP contribution in [0, 0.1) is 11.3 Å². The van der Waals surface area contributed by atoms with Gasteiger partial charge in [-0.2, -0.15) is 5.26 Å². The Morgan fingerprint density at radius 1 is 1.64 bits per heavy atom. The van der Waals surface area contributed by atoms with Crippen LogP contribution < -0.4 is 11.1 Å². The molecule has 0 heterocycles. The van der Waals surface area contributed by atoms with Crippen LogP contribution in [-0.2, 0) is 0 Å². The highest BCUT2D eigenvalue weighted by Crippen LogP contribution is 2.20. The summed E-state index contributed by atoms with van der Waals surface area (Å²) in [5.41, 5.74) is 7.61. The van der Waals surface area contributed by atoms with Gasteiger partial charge >= 0.3 is 0 Å². The number of nitrogen functional groups attached to an aromatic ring is 1. The number of hydrogen-bond donors (Lipinski definition) is 3. The zero-order chi connectivity index (χ0) is 10.6. The van der Waals surface area contributed by atoms with Crippen LogP contribution in [0.15, 0.2) is 18.2 Å². The Bertz CT molecular complexity index is 353. The number of nitriles is 1. The molecule has 0 aliphatic rings. The molecule has 1 aromatic rings. The highest BCUT2D eigenvalue weighted by Gasteiger charge is 2.10. The molecular weight excluding hydrogens is 178 g/mol. The zero-order valence-corrected chi connectivity index (χ0v) is 7.99. The van der Waals surface area contributed by atoms with E-state index >= 15 is 0 Å². The monoisotopic (exact) mass is 191 g/mol. The number of rotatable bonds is 3. The Morgan fingerprint density at radius 2 is 2.36 bits per heavy atom. The van der Waals surface area contributed by atoms with Crippen molar-refractivity contribution in [2.45, 2.75) is 6.04 Å². The standard InChI is InChI=1S/C10H13N3O/c1-13-10(6-14)8-3-2-7(5-11)4-9(8)12/h2-4,10,13-14H,6,12H2,1H3/t10-/m1/s1. The molecule has 0 amide bonds. The average molecular weight is 191 g/mol. The molecule has 1 rings (SSSR count). The molecule has 0 unspecified atom stereocenters. The second-order valence-electron chi connectivity index (χ2n) is 2.98. The third-order valence-corrected chi connectivity index (χ3v) is 2.12. The van der Waals surface area contributed by atoms with Gasteiger partial charge in [-0.3, -0.25) is 0 Å². The summed E-state index contributed by atoms with van der Waals surface area (Å²) in [5.74, 6) is 0. The highest BCUT2D eigenvalue weighted by molar-refractivity contribution is 5.53. The van der Waals surface area contributed by atoms with E-state index in [2.05, 4.69) is 5.32 Å². The van der Waals surface area contributed by atoms with Gasteiger partial charge in [0.25, 0.3) is 0 Å². The van der Waals surface area contributed by atoms with Crippen molar-refractivity contribution in [3.8, 4) is 6.07 Å². The molecule has 4 nitrogen and oxygen atoms in total. The number of likely N-dealkylation sites (N-methyl/N-ethyl adjacent to an activating group) is 1. The third-order valence-electron chi connectivity index (χ3n) is 2.12. The summed E-state index contributed by atoms with van der Waals surface area (Å²) in [4.78, 5) is 0. The lowest BCUT2D eigenvalue weighted by Crippen LogP contribution is -2.21. The molecule has 0 saturated carbocycles. The molecule has 1 atom stereocenters. The van der Waals surface area contributed by atoms with E-state index in [1.807, 2.05) is 6.07 Å². The summed E-state index contributed by atoms with van der Waals surface area (Å²) in [6.07, 6.45) is 0. The Kier molecular flexibility index (Phi) is 3.46. The van der Waals surface area contributed by atoms with Gasteiger partial charge < -0.3 is 16.2 Å². The molecule has 0 aromatic heterocycles. The van der Waals surface area contributed by atoms with Crippen molar-refractivity contribution in [2.24, 2.45) is 0 Å². The van der Waals surface area contributed by atoms with Gasteiger partial charge in [0.15, 0.2) is 0 Å². The Balaban J connectivity index is 3.05. The number of nitrogens with zero attached hydrogens (tertiary/aromatic N) is 1. The van der Waals surface area contributed by atoms with Crippen LogP contribution in [0.25, 0.3) is 0 Å². The van der Waals surface area contributed by atoms with Crippen molar-refractivity contribution < 1.29 is 5.11 Å². The van der Waals surface area contributed by atoms with Crippen LogP contribution in [0.4, 0.5) is 5.69 Å². The molecule has 1 aromatic carbocycles. The van der Waals surface area contributed by atoms with Crippen LogP contribution in [0.5, 0.6) is 0 Å². The lowest BCUT2D eigenvalue weighted by Gasteiger charge is -2.15. The predicted molar refractivity (Wildman–Crippen MR) is 54.5 cm³/mol. The van der Waals surface area contributed by atoms with Crippen LogP contribution >= 0.6 is 0 Å². The molecule has 14 heavy (non-hydrogen) atoms. The second-order valence-corrected chi connectivity index (χ2v) is 2.98. The van der Waals surface area contributed by atoms with E-state index in [0.717, 1.165) is 5.56 Å². The van der Waals surface area contributed by atoms with Gasteiger partial charge in [-0.05, 0) is 24.7 Å². The maximum absolute atomic E-state index is 9.05. The van der Waals surface area contributed by atoms with Crippen LogP contribution in [-0.4, -0.2) is 18.8 Å². The lowest BCUT2D eigenvalue weighted by molar-refractivity contribution is 0.251. The first-order valence-electron chi connectivity index (χ1n) is 4.30. The van der Waals surface area contributed by atoms with Gasteiger partial charge in [-0.15, -0.1) is 0 Å². The number of hydrogen-bond acceptors (Lipinski definition) is 4. The number of aliphatic hydroxyl groups is 1. The van der Waals surface area contributed by atoms with Gasteiger partial charge in [-0.25, -0.2) is 0 Å². The van der Waals surface area contributed by atoms with Gasteiger partial charge in [0, 0.05) is 5.69 Å². The summed E-state index contributed by atoms with van der Waals surface area (Å²) >= 11 is 0. The Labute approximate surface area is 83.0 Å². The normalized spacial score (nSPS) is 12.1. The van der Waals surface area contributed by atoms with E-state index in [4.69, 9.17) is 16.1 Å². The number of anilines is 1. The lowest BCUT2D eigenvalue weighted by atomic mass is 10.0. The van der Waals surface area contributed by atoms with E-state index in [1.165, 1.54) is 0 Å². The summed E-state index contributed by atoms with van der Waals surface area (Å²) in [7, 11) is 1.75. The minimum Gasteiger partial charge on any atom is -0.398 e. The molecule has 0 fully saturated rings. The first-order chi connectivity index (χ1) is 6.72. The quantitative estimate of drug-likeness (QED) is 0.604. The van der Waals surface area contributed by atoms with Crippen molar-refractivity contribution in [3.05, 3.63) is 29.3 Å². The van der Waals surface area contributed by atoms with Crippen molar-refractivity contribution in [3.63, 3.8) is 0 Å². The van der Waals surface area contributed by atoms with Crippen LogP contribution in [0.3, 0.4) is 0 Å². The van der Waals surface area contributed by atoms with Gasteiger partial charge in [-0.1, -0.05) is 6.07 Å². The van der Waals surface area contributed by atoms with E-state index in [9.17, 15) is 0 Å². The summed E-state index contributed by atoms with van der Waals surface area (Å²) < 4.78 is 0. The maximum Gasteiger partial charge on any atom is 0.0992 e. The summed E-state index contributed by atoms with van der Waals surface area (Å²) in [6, 6.07) is 6.88. The highest BCUT2D eigenvalue weighted by atomic mass is 16.3. The largest absolute Gasteiger partial charge is 0.398 e. The fourth-order valence-corrected chi connectivity index (χ4v) is 1.31. The predicted octanol–water partition coefficient (Wildman–Crippen LogP) is 0.393. The van der Waals surface area contributed by atoms with E-state index in [1.54, 1.807) is 25.2 Å². The Hall–Kier alpha value is -1.57. The van der Waals surface area contributed by atoms with Gasteiger partial charge in [0.05, 0.1) is 24.3 Å². The van der Waals surface area contributed by atoms with Crippen LogP contribution in [0.2, 0.25) is 0 Å². The topological polar surface area (TPSA) is 82.1 Å². The van der Waals surface area contributed by atoms with E-state index in [0.29, 0.717) is 11.3 Å². The average Bonchev–Trinajstić information content (AvgIpc) is 2.22. The minimum atomic E-state index is -0.178. The molecule has 4 heteroatoms. The number of aliphatic hydroxyl groups excluding tert-OH is 1. The van der Waals surface area contributed by atoms with Crippen molar-refractivity contribution in [2.75, 3.05) is 19.4 Å². The first kappa shape index (κ1) is 10.5. The van der Waals surface area contributed by atoms with Gasteiger partial charge in [0.1, 0.15) is 0 Å². The summed E-state index contributed by atoms with van der Waals surface area (Å²) in [6.45, 7) is -0.0212.